The molecule has 23 heavy (non-hydrogen) atoms. The number of methoxy groups -OCH3 is 1. The van der Waals surface area contributed by atoms with Crippen LogP contribution in [-0.4, -0.2) is 38.1 Å². The van der Waals surface area contributed by atoms with Gasteiger partial charge in [0.1, 0.15) is 0 Å². The first-order valence-electron chi connectivity index (χ1n) is 7.94. The Bertz CT molecular complexity index is 575. The maximum Gasteiger partial charge on any atom is 0.193 e. The molecular weight excluding hydrogens is 408 g/mol. The first-order chi connectivity index (χ1) is 10.7. The highest BCUT2D eigenvalue weighted by Gasteiger charge is 2.43. The molecule has 128 valence electrons. The fraction of sp³-hybridized carbons (Fsp3) is 0.588. The van der Waals surface area contributed by atoms with E-state index < -0.39 is 0 Å². The van der Waals surface area contributed by atoms with Gasteiger partial charge in [0.05, 0.1) is 7.11 Å². The molecule has 0 atom stereocenters. The van der Waals surface area contributed by atoms with Gasteiger partial charge in [-0.1, -0.05) is 12.5 Å². The van der Waals surface area contributed by atoms with E-state index in [4.69, 9.17) is 4.74 Å². The zero-order chi connectivity index (χ0) is 15.6. The van der Waals surface area contributed by atoms with E-state index in [1.165, 1.54) is 38.9 Å². The topological polar surface area (TPSA) is 36.9 Å². The third-order valence-corrected chi connectivity index (χ3v) is 5.03. The van der Waals surface area contributed by atoms with E-state index in [1.54, 1.807) is 6.07 Å². The van der Waals surface area contributed by atoms with Gasteiger partial charge < -0.3 is 15.0 Å². The lowest BCUT2D eigenvalue weighted by atomic mass is 9.68. The van der Waals surface area contributed by atoms with E-state index in [-0.39, 0.29) is 35.5 Å². The number of nitrogens with zero attached hydrogens (tertiary/aromatic N) is 2. The number of nitrogens with one attached hydrogen (secondary N) is 1. The first-order valence-corrected chi connectivity index (χ1v) is 7.94. The monoisotopic (exact) mass is 433 g/mol. The summed E-state index contributed by atoms with van der Waals surface area (Å²) >= 11 is 0. The Morgan fingerprint density at radius 1 is 1.39 bits per heavy atom. The molecular formula is C17H25FIN3O. The Morgan fingerprint density at radius 2 is 2.17 bits per heavy atom. The van der Waals surface area contributed by atoms with E-state index in [1.807, 2.05) is 13.1 Å². The number of halogens is 2. The molecule has 1 aromatic rings. The van der Waals surface area contributed by atoms with Crippen LogP contribution in [0, 0.1) is 11.2 Å². The molecule has 3 rings (SSSR count). The minimum Gasteiger partial charge on any atom is -0.494 e. The lowest BCUT2D eigenvalue weighted by Gasteiger charge is -2.38. The summed E-state index contributed by atoms with van der Waals surface area (Å²) in [5.74, 6) is 0.867. The van der Waals surface area contributed by atoms with Crippen molar-refractivity contribution in [1.29, 1.82) is 0 Å². The Hall–Kier alpha value is -1.05. The summed E-state index contributed by atoms with van der Waals surface area (Å²) < 4.78 is 18.7. The van der Waals surface area contributed by atoms with Crippen molar-refractivity contribution in [1.82, 2.24) is 10.2 Å². The average molecular weight is 433 g/mol. The maximum absolute atomic E-state index is 13.7. The smallest absolute Gasteiger partial charge is 0.193 e. The molecule has 2 fully saturated rings. The van der Waals surface area contributed by atoms with Crippen molar-refractivity contribution in [2.45, 2.75) is 32.2 Å². The van der Waals surface area contributed by atoms with Crippen LogP contribution in [0.4, 0.5) is 4.39 Å². The lowest BCUT2D eigenvalue weighted by molar-refractivity contribution is 0.151. The molecule has 4 nitrogen and oxygen atoms in total. The molecule has 1 saturated heterocycles. The number of guanidine groups is 1. The minimum absolute atomic E-state index is 0. The molecule has 1 aromatic carbocycles. The van der Waals surface area contributed by atoms with Crippen molar-refractivity contribution in [2.24, 2.45) is 10.4 Å². The summed E-state index contributed by atoms with van der Waals surface area (Å²) in [4.78, 5) is 6.71. The van der Waals surface area contributed by atoms with Gasteiger partial charge in [0.15, 0.2) is 17.5 Å². The zero-order valence-corrected chi connectivity index (χ0v) is 16.1. The predicted octanol–water partition coefficient (Wildman–Crippen LogP) is 3.40. The molecule has 1 aliphatic carbocycles. The number of likely N-dealkylation sites (tertiary alicyclic amines) is 1. The van der Waals surface area contributed by atoms with Gasteiger partial charge in [-0.3, -0.25) is 4.99 Å². The van der Waals surface area contributed by atoms with Crippen LogP contribution in [-0.2, 0) is 6.54 Å². The third kappa shape index (κ3) is 3.89. The van der Waals surface area contributed by atoms with Crippen molar-refractivity contribution in [3.05, 3.63) is 29.6 Å². The standard InChI is InChI=1S/C17H24FN3O.HI/c1-19-16(21-9-8-17(12-21)6-3-7-17)20-11-13-4-5-15(22-2)14(18)10-13;/h4-5,10H,3,6-9,11-12H2,1-2H3,(H,19,20);1H. The van der Waals surface area contributed by atoms with E-state index in [0.29, 0.717) is 12.0 Å². The normalized spacial score (nSPS) is 19.3. The van der Waals surface area contributed by atoms with Crippen molar-refractivity contribution in [2.75, 3.05) is 27.2 Å². The average Bonchev–Trinajstić information content (AvgIpc) is 2.94. The van der Waals surface area contributed by atoms with Gasteiger partial charge in [-0.05, 0) is 42.4 Å². The molecule has 1 N–H and O–H groups in total. The fourth-order valence-corrected chi connectivity index (χ4v) is 3.53. The molecule has 1 aliphatic heterocycles. The Balaban J connectivity index is 0.00000192. The van der Waals surface area contributed by atoms with Crippen molar-refractivity contribution < 1.29 is 9.13 Å². The van der Waals surface area contributed by atoms with Gasteiger partial charge in [0.25, 0.3) is 0 Å². The molecule has 0 amide bonds. The second-order valence-electron chi connectivity index (χ2n) is 6.39. The maximum atomic E-state index is 13.7. The van der Waals surface area contributed by atoms with Crippen LogP contribution in [0.5, 0.6) is 5.75 Å². The minimum atomic E-state index is -0.327. The van der Waals surface area contributed by atoms with E-state index in [2.05, 4.69) is 15.2 Å². The highest BCUT2D eigenvalue weighted by molar-refractivity contribution is 14.0. The molecule has 6 heteroatoms. The van der Waals surface area contributed by atoms with Gasteiger partial charge in [-0.25, -0.2) is 4.39 Å². The SMILES string of the molecule is CN=C(NCc1ccc(OC)c(F)c1)N1CCC2(CCC2)C1.I. The molecule has 1 heterocycles. The van der Waals surface area contributed by atoms with Crippen LogP contribution in [0.3, 0.4) is 0 Å². The van der Waals surface area contributed by atoms with Crippen LogP contribution in [0.2, 0.25) is 0 Å². The number of aliphatic imine (C=N–C) groups is 1. The Morgan fingerprint density at radius 3 is 2.70 bits per heavy atom. The molecule has 0 unspecified atom stereocenters. The zero-order valence-electron chi connectivity index (χ0n) is 13.8. The van der Waals surface area contributed by atoms with Gasteiger partial charge in [0, 0.05) is 26.7 Å². The number of hydrogen-bond donors (Lipinski definition) is 1. The predicted molar refractivity (Wildman–Crippen MR) is 101 cm³/mol. The fourth-order valence-electron chi connectivity index (χ4n) is 3.53. The largest absolute Gasteiger partial charge is 0.494 e. The second kappa shape index (κ2) is 7.68. The van der Waals surface area contributed by atoms with Gasteiger partial charge >= 0.3 is 0 Å². The van der Waals surface area contributed by atoms with Crippen LogP contribution in [0.15, 0.2) is 23.2 Å². The number of hydrogen-bond acceptors (Lipinski definition) is 2. The van der Waals surface area contributed by atoms with Crippen LogP contribution in [0.25, 0.3) is 0 Å². The molecule has 0 bridgehead atoms. The van der Waals surface area contributed by atoms with Gasteiger partial charge in [-0.2, -0.15) is 0 Å². The summed E-state index contributed by atoms with van der Waals surface area (Å²) in [6, 6.07) is 5.05. The second-order valence-corrected chi connectivity index (χ2v) is 6.39. The van der Waals surface area contributed by atoms with Gasteiger partial charge in [-0.15, -0.1) is 24.0 Å². The molecule has 0 aromatic heterocycles. The molecule has 1 spiro atoms. The summed E-state index contributed by atoms with van der Waals surface area (Å²) in [6.07, 6.45) is 5.34. The number of rotatable bonds is 3. The summed E-state index contributed by atoms with van der Waals surface area (Å²) in [7, 11) is 3.28. The number of ether oxygens (including phenoxy) is 1. The van der Waals surface area contributed by atoms with Crippen LogP contribution < -0.4 is 10.1 Å². The summed E-state index contributed by atoms with van der Waals surface area (Å²) in [6.45, 7) is 2.73. The highest BCUT2D eigenvalue weighted by atomic mass is 127. The quantitative estimate of drug-likeness (QED) is 0.451. The highest BCUT2D eigenvalue weighted by Crippen LogP contribution is 2.47. The van der Waals surface area contributed by atoms with Crippen molar-refractivity contribution in [3.63, 3.8) is 0 Å². The molecule has 2 aliphatic rings. The van der Waals surface area contributed by atoms with Crippen LogP contribution in [0.1, 0.15) is 31.2 Å². The van der Waals surface area contributed by atoms with Crippen LogP contribution >= 0.6 is 24.0 Å². The van der Waals surface area contributed by atoms with Gasteiger partial charge in [0.2, 0.25) is 0 Å². The summed E-state index contributed by atoms with van der Waals surface area (Å²) in [5.41, 5.74) is 1.43. The van der Waals surface area contributed by atoms with E-state index in [0.717, 1.165) is 24.6 Å². The van der Waals surface area contributed by atoms with E-state index in [9.17, 15) is 4.39 Å². The first kappa shape index (κ1) is 18.3. The molecule has 0 radical (unpaired) electrons. The lowest BCUT2D eigenvalue weighted by Crippen LogP contribution is -2.42. The van der Waals surface area contributed by atoms with Crippen molar-refractivity contribution in [3.8, 4) is 5.75 Å². The molecule has 1 saturated carbocycles. The van der Waals surface area contributed by atoms with Crippen molar-refractivity contribution >= 4 is 29.9 Å². The third-order valence-electron chi connectivity index (χ3n) is 5.03. The number of benzene rings is 1. The Kier molecular flexibility index (Phi) is 6.11. The summed E-state index contributed by atoms with van der Waals surface area (Å²) in [5, 5.41) is 3.35. The Labute approximate surface area is 154 Å². The van der Waals surface area contributed by atoms with E-state index >= 15 is 0 Å².